The predicted octanol–water partition coefficient (Wildman–Crippen LogP) is 3.72. The summed E-state index contributed by atoms with van der Waals surface area (Å²) in [5, 5.41) is 7.19. The van der Waals surface area contributed by atoms with E-state index < -0.39 is 0 Å². The molecule has 1 aliphatic heterocycles. The number of hydrogen-bond donors (Lipinski definition) is 1. The second-order valence-corrected chi connectivity index (χ2v) is 9.11. The van der Waals surface area contributed by atoms with Crippen molar-refractivity contribution in [3.05, 3.63) is 71.9 Å². The average Bonchev–Trinajstić information content (AvgIpc) is 3.60. The van der Waals surface area contributed by atoms with E-state index in [1.54, 1.807) is 12.1 Å². The van der Waals surface area contributed by atoms with Crippen LogP contribution in [0.5, 0.6) is 0 Å². The van der Waals surface area contributed by atoms with Gasteiger partial charge in [-0.25, -0.2) is 4.39 Å². The number of halogens is 1. The van der Waals surface area contributed by atoms with E-state index in [4.69, 9.17) is 4.52 Å². The highest BCUT2D eigenvalue weighted by molar-refractivity contribution is 5.81. The van der Waals surface area contributed by atoms with E-state index in [1.807, 2.05) is 35.2 Å². The maximum absolute atomic E-state index is 13.5. The lowest BCUT2D eigenvalue weighted by atomic mass is 10.0. The Kier molecular flexibility index (Phi) is 6.38. The summed E-state index contributed by atoms with van der Waals surface area (Å²) in [6, 6.07) is 15.2. The lowest BCUT2D eigenvalue weighted by Crippen LogP contribution is -2.38. The molecule has 0 spiro atoms. The molecule has 176 valence electrons. The zero-order valence-corrected chi connectivity index (χ0v) is 18.8. The van der Waals surface area contributed by atoms with Crippen LogP contribution < -0.4 is 5.32 Å². The van der Waals surface area contributed by atoms with E-state index >= 15 is 0 Å². The highest BCUT2D eigenvalue weighted by Gasteiger charge is 2.43. The van der Waals surface area contributed by atoms with Crippen molar-refractivity contribution in [2.75, 3.05) is 13.1 Å². The van der Waals surface area contributed by atoms with Gasteiger partial charge in [0.05, 0.1) is 12.3 Å². The summed E-state index contributed by atoms with van der Waals surface area (Å²) < 4.78 is 19.2. The monoisotopic (exact) mass is 462 g/mol. The van der Waals surface area contributed by atoms with Gasteiger partial charge < -0.3 is 14.7 Å². The predicted molar refractivity (Wildman–Crippen MR) is 123 cm³/mol. The summed E-state index contributed by atoms with van der Waals surface area (Å²) in [7, 11) is 0. The molecule has 1 saturated heterocycles. The van der Waals surface area contributed by atoms with Crippen LogP contribution in [0.2, 0.25) is 0 Å². The van der Waals surface area contributed by atoms with Gasteiger partial charge in [-0.2, -0.15) is 4.98 Å². The first-order valence-electron chi connectivity index (χ1n) is 11.8. The van der Waals surface area contributed by atoms with Crippen LogP contribution in [0.3, 0.4) is 0 Å². The average molecular weight is 463 g/mol. The number of carbonyl (C=O) groups excluding carboxylic acids is 2. The highest BCUT2D eigenvalue weighted by Crippen LogP contribution is 2.40. The Morgan fingerprint density at radius 2 is 1.85 bits per heavy atom. The van der Waals surface area contributed by atoms with Crippen molar-refractivity contribution in [2.24, 2.45) is 5.92 Å². The fourth-order valence-corrected chi connectivity index (χ4v) is 5.05. The van der Waals surface area contributed by atoms with E-state index in [2.05, 4.69) is 15.5 Å². The molecule has 0 bridgehead atoms. The van der Waals surface area contributed by atoms with Gasteiger partial charge in [-0.1, -0.05) is 47.6 Å². The number of rotatable bonds is 6. The summed E-state index contributed by atoms with van der Waals surface area (Å²) in [5.41, 5.74) is 1.44. The Morgan fingerprint density at radius 1 is 1.06 bits per heavy atom. The molecule has 3 aromatic rings. The van der Waals surface area contributed by atoms with Crippen LogP contribution in [0.4, 0.5) is 4.39 Å². The molecule has 2 fully saturated rings. The van der Waals surface area contributed by atoms with Crippen LogP contribution in [0.15, 0.2) is 59.1 Å². The van der Waals surface area contributed by atoms with Gasteiger partial charge in [0.2, 0.25) is 23.5 Å². The van der Waals surface area contributed by atoms with E-state index in [9.17, 15) is 14.0 Å². The van der Waals surface area contributed by atoms with Crippen molar-refractivity contribution in [2.45, 2.75) is 44.1 Å². The van der Waals surface area contributed by atoms with Gasteiger partial charge in [0, 0.05) is 30.6 Å². The van der Waals surface area contributed by atoms with Crippen molar-refractivity contribution in [3.8, 4) is 11.4 Å². The number of aromatic nitrogens is 2. The van der Waals surface area contributed by atoms with Gasteiger partial charge >= 0.3 is 0 Å². The van der Waals surface area contributed by atoms with Crippen molar-refractivity contribution in [1.82, 2.24) is 20.4 Å². The fraction of sp³-hybridized carbons (Fsp3) is 0.385. The Bertz CT molecular complexity index is 1160. The highest BCUT2D eigenvalue weighted by atomic mass is 19.1. The van der Waals surface area contributed by atoms with E-state index in [-0.39, 0.29) is 41.9 Å². The molecule has 1 aliphatic carbocycles. The van der Waals surface area contributed by atoms with Gasteiger partial charge in [0.25, 0.3) is 0 Å². The normalized spacial score (nSPS) is 22.1. The second-order valence-electron chi connectivity index (χ2n) is 9.11. The summed E-state index contributed by atoms with van der Waals surface area (Å²) >= 11 is 0. The minimum Gasteiger partial charge on any atom is -0.352 e. The largest absolute Gasteiger partial charge is 0.352 e. The molecule has 0 unspecified atom stereocenters. The number of hydrogen-bond acceptors (Lipinski definition) is 5. The Balaban J connectivity index is 1.35. The van der Waals surface area contributed by atoms with Crippen LogP contribution in [-0.4, -0.2) is 46.0 Å². The minimum atomic E-state index is -0.375. The second kappa shape index (κ2) is 9.75. The third-order valence-electron chi connectivity index (χ3n) is 6.72. The van der Waals surface area contributed by atoms with Crippen molar-refractivity contribution in [1.29, 1.82) is 0 Å². The lowest BCUT2D eigenvalue weighted by Gasteiger charge is -2.20. The maximum Gasteiger partial charge on any atom is 0.232 e. The van der Waals surface area contributed by atoms with Crippen LogP contribution in [0.1, 0.15) is 43.1 Å². The third kappa shape index (κ3) is 4.85. The Morgan fingerprint density at radius 3 is 2.62 bits per heavy atom. The molecule has 8 heteroatoms. The molecule has 1 saturated carbocycles. The standard InChI is InChI=1S/C26H27FN4O3/c27-20-10-6-7-17(13-20)14-23(32)28-22-16-19(26(33)31-11-4-5-12-31)15-21(22)25-29-24(30-34-25)18-8-2-1-3-9-18/h1-3,6-10,13,19,21-22H,4-5,11-12,14-16H2,(H,28,32)/t19-,21-,22+/m1/s1. The van der Waals surface area contributed by atoms with Crippen molar-refractivity contribution in [3.63, 3.8) is 0 Å². The Labute approximate surface area is 197 Å². The molecule has 2 aliphatic rings. The maximum atomic E-state index is 13.5. The first-order chi connectivity index (χ1) is 16.6. The number of nitrogens with zero attached hydrogens (tertiary/aromatic N) is 3. The summed E-state index contributed by atoms with van der Waals surface area (Å²) in [5.74, 6) is -0.0431. The molecule has 34 heavy (non-hydrogen) atoms. The smallest absolute Gasteiger partial charge is 0.232 e. The summed E-state index contributed by atoms with van der Waals surface area (Å²) in [4.78, 5) is 32.5. The molecule has 2 aromatic carbocycles. The minimum absolute atomic E-state index is 0.0603. The van der Waals surface area contributed by atoms with E-state index in [1.165, 1.54) is 12.1 Å². The van der Waals surface area contributed by atoms with Crippen molar-refractivity contribution >= 4 is 11.8 Å². The van der Waals surface area contributed by atoms with Gasteiger partial charge in [-0.15, -0.1) is 0 Å². The Hall–Kier alpha value is -3.55. The quantitative estimate of drug-likeness (QED) is 0.603. The number of carbonyl (C=O) groups is 2. The van der Waals surface area contributed by atoms with Gasteiger partial charge in [-0.05, 0) is 43.4 Å². The molecular formula is C26H27FN4O3. The zero-order chi connectivity index (χ0) is 23.5. The van der Waals surface area contributed by atoms with Crippen LogP contribution >= 0.6 is 0 Å². The molecule has 3 atom stereocenters. The molecule has 7 nitrogen and oxygen atoms in total. The van der Waals surface area contributed by atoms with E-state index in [0.717, 1.165) is 31.5 Å². The van der Waals surface area contributed by atoms with Crippen molar-refractivity contribution < 1.29 is 18.5 Å². The molecule has 0 radical (unpaired) electrons. The van der Waals surface area contributed by atoms with Gasteiger partial charge in [0.1, 0.15) is 5.82 Å². The summed E-state index contributed by atoms with van der Waals surface area (Å²) in [6.07, 6.45) is 3.17. The number of nitrogens with one attached hydrogen (secondary N) is 1. The number of amides is 2. The van der Waals surface area contributed by atoms with Gasteiger partial charge in [0.15, 0.2) is 0 Å². The molecule has 1 aromatic heterocycles. The number of benzene rings is 2. The van der Waals surface area contributed by atoms with Crippen LogP contribution in [0, 0.1) is 11.7 Å². The molecule has 5 rings (SSSR count). The van der Waals surface area contributed by atoms with Crippen LogP contribution in [-0.2, 0) is 16.0 Å². The first kappa shape index (κ1) is 22.3. The van der Waals surface area contributed by atoms with Crippen LogP contribution in [0.25, 0.3) is 11.4 Å². The molecule has 2 amide bonds. The molecular weight excluding hydrogens is 435 g/mol. The fourth-order valence-electron chi connectivity index (χ4n) is 5.05. The lowest BCUT2D eigenvalue weighted by molar-refractivity contribution is -0.134. The summed E-state index contributed by atoms with van der Waals surface area (Å²) in [6.45, 7) is 1.57. The number of likely N-dealkylation sites (tertiary alicyclic amines) is 1. The van der Waals surface area contributed by atoms with E-state index in [0.29, 0.717) is 30.1 Å². The third-order valence-corrected chi connectivity index (χ3v) is 6.72. The molecule has 2 heterocycles. The SMILES string of the molecule is O=C(Cc1cccc(F)c1)N[C@H]1C[C@H](C(=O)N2CCCC2)C[C@H]1c1nc(-c2ccccc2)no1. The topological polar surface area (TPSA) is 88.3 Å². The zero-order valence-electron chi connectivity index (χ0n) is 18.8. The first-order valence-corrected chi connectivity index (χ1v) is 11.8. The molecule has 1 N–H and O–H groups in total. The van der Waals surface area contributed by atoms with Gasteiger partial charge in [-0.3, -0.25) is 9.59 Å².